The highest BCUT2D eigenvalue weighted by molar-refractivity contribution is 6.30. The summed E-state index contributed by atoms with van der Waals surface area (Å²) in [6, 6.07) is 14.0. The fourth-order valence-electron chi connectivity index (χ4n) is 4.16. The second-order valence-electron chi connectivity index (χ2n) is 7.76. The van der Waals surface area contributed by atoms with E-state index in [1.165, 1.54) is 0 Å². The highest BCUT2D eigenvalue weighted by atomic mass is 35.5. The van der Waals surface area contributed by atoms with E-state index < -0.39 is 0 Å². The number of morpholine rings is 1. The van der Waals surface area contributed by atoms with Crippen LogP contribution in [-0.4, -0.2) is 58.5 Å². The highest BCUT2D eigenvalue weighted by Crippen LogP contribution is 2.33. The van der Waals surface area contributed by atoms with E-state index in [1.807, 2.05) is 30.3 Å². The molecule has 1 unspecified atom stereocenters. The molecule has 4 rings (SSSR count). The predicted molar refractivity (Wildman–Crippen MR) is 120 cm³/mol. The minimum absolute atomic E-state index is 0.0547. The average Bonchev–Trinajstić information content (AvgIpc) is 3.22. The normalized spacial score (nSPS) is 19.1. The Morgan fingerprint density at radius 1 is 1.17 bits per heavy atom. The number of carbonyl (C=O) groups is 1. The van der Waals surface area contributed by atoms with E-state index in [0.717, 1.165) is 68.5 Å². The van der Waals surface area contributed by atoms with Crippen molar-refractivity contribution in [2.45, 2.75) is 18.9 Å². The van der Waals surface area contributed by atoms with Gasteiger partial charge in [-0.1, -0.05) is 23.7 Å². The molecule has 160 valence electrons. The lowest BCUT2D eigenvalue weighted by Crippen LogP contribution is -2.38. The number of amides is 1. The molecule has 2 aromatic rings. The lowest BCUT2D eigenvalue weighted by Gasteiger charge is -2.29. The van der Waals surface area contributed by atoms with Crippen LogP contribution in [0.5, 0.6) is 5.75 Å². The lowest BCUT2D eigenvalue weighted by atomic mass is 10.1. The zero-order valence-corrected chi connectivity index (χ0v) is 18.0. The van der Waals surface area contributed by atoms with Gasteiger partial charge in [-0.25, -0.2) is 0 Å². The smallest absolute Gasteiger partial charge is 0.224 e. The molecule has 30 heavy (non-hydrogen) atoms. The molecule has 0 spiro atoms. The molecular formula is C23H28ClN3O3. The minimum Gasteiger partial charge on any atom is -0.495 e. The molecule has 6 nitrogen and oxygen atoms in total. The van der Waals surface area contributed by atoms with Crippen molar-refractivity contribution < 1.29 is 14.3 Å². The topological polar surface area (TPSA) is 54.0 Å². The van der Waals surface area contributed by atoms with E-state index in [-0.39, 0.29) is 11.9 Å². The number of carbonyl (C=O) groups excluding carboxylic acids is 1. The van der Waals surface area contributed by atoms with Crippen LogP contribution in [0.4, 0.5) is 11.4 Å². The van der Waals surface area contributed by atoms with Gasteiger partial charge in [0.2, 0.25) is 5.91 Å². The molecular weight excluding hydrogens is 402 g/mol. The van der Waals surface area contributed by atoms with Gasteiger partial charge in [-0.3, -0.25) is 4.79 Å². The number of halogens is 1. The maximum absolute atomic E-state index is 12.7. The first-order chi connectivity index (χ1) is 14.6. The largest absolute Gasteiger partial charge is 0.495 e. The lowest BCUT2D eigenvalue weighted by molar-refractivity contribution is -0.121. The Morgan fingerprint density at radius 3 is 2.80 bits per heavy atom. The molecule has 2 heterocycles. The third-order valence-corrected chi connectivity index (χ3v) is 5.92. The molecule has 1 amide bonds. The number of hydrogen-bond acceptors (Lipinski definition) is 5. The van der Waals surface area contributed by atoms with Gasteiger partial charge in [0.15, 0.2) is 0 Å². The Hall–Kier alpha value is -2.44. The van der Waals surface area contributed by atoms with Gasteiger partial charge in [0.1, 0.15) is 5.75 Å². The summed E-state index contributed by atoms with van der Waals surface area (Å²) in [5.41, 5.74) is 3.16. The van der Waals surface area contributed by atoms with Crippen molar-refractivity contribution in [3.63, 3.8) is 0 Å². The summed E-state index contributed by atoms with van der Waals surface area (Å²) in [4.78, 5) is 17.2. The predicted octanol–water partition coefficient (Wildman–Crippen LogP) is 3.12. The number of benzene rings is 2. The van der Waals surface area contributed by atoms with E-state index in [1.54, 1.807) is 7.11 Å². The van der Waals surface area contributed by atoms with Crippen LogP contribution in [0.3, 0.4) is 0 Å². The van der Waals surface area contributed by atoms with Gasteiger partial charge in [0, 0.05) is 42.9 Å². The second kappa shape index (κ2) is 9.58. The maximum atomic E-state index is 12.7. The van der Waals surface area contributed by atoms with Crippen molar-refractivity contribution in [3.05, 3.63) is 53.1 Å². The molecule has 2 saturated heterocycles. The summed E-state index contributed by atoms with van der Waals surface area (Å²) < 4.78 is 10.9. The summed E-state index contributed by atoms with van der Waals surface area (Å²) in [5, 5.41) is 3.87. The van der Waals surface area contributed by atoms with Crippen molar-refractivity contribution >= 4 is 28.9 Å². The van der Waals surface area contributed by atoms with E-state index in [0.29, 0.717) is 11.4 Å². The van der Waals surface area contributed by atoms with Crippen LogP contribution < -0.4 is 19.9 Å². The van der Waals surface area contributed by atoms with E-state index in [9.17, 15) is 4.79 Å². The number of nitrogens with zero attached hydrogens (tertiary/aromatic N) is 2. The molecule has 0 aromatic heterocycles. The van der Waals surface area contributed by atoms with Gasteiger partial charge < -0.3 is 24.6 Å². The van der Waals surface area contributed by atoms with Gasteiger partial charge in [0.05, 0.1) is 32.4 Å². The number of methoxy groups -OCH3 is 1. The van der Waals surface area contributed by atoms with Gasteiger partial charge in [-0.2, -0.15) is 0 Å². The molecule has 0 bridgehead atoms. The molecule has 7 heteroatoms. The van der Waals surface area contributed by atoms with Crippen LogP contribution in [-0.2, 0) is 16.0 Å². The Bertz CT molecular complexity index is 886. The molecule has 1 atom stereocenters. The highest BCUT2D eigenvalue weighted by Gasteiger charge is 2.26. The standard InChI is InChI=1S/C23H28ClN3O3/c1-29-22-6-5-18(24)15-21(22)27-8-7-19(16-27)25-23(28)14-17-3-2-4-20(13-17)26-9-11-30-12-10-26/h2-6,13,15,19H,7-12,14,16H2,1H3,(H,25,28). The van der Waals surface area contributed by atoms with Gasteiger partial charge in [-0.05, 0) is 42.3 Å². The van der Waals surface area contributed by atoms with Crippen molar-refractivity contribution in [2.75, 3.05) is 56.3 Å². The zero-order valence-electron chi connectivity index (χ0n) is 17.3. The second-order valence-corrected chi connectivity index (χ2v) is 8.20. The molecule has 2 fully saturated rings. The fourth-order valence-corrected chi connectivity index (χ4v) is 4.32. The van der Waals surface area contributed by atoms with Crippen LogP contribution in [0.1, 0.15) is 12.0 Å². The molecule has 0 saturated carbocycles. The Kier molecular flexibility index (Phi) is 6.65. The van der Waals surface area contributed by atoms with Gasteiger partial charge in [-0.15, -0.1) is 0 Å². The first-order valence-corrected chi connectivity index (χ1v) is 10.8. The van der Waals surface area contributed by atoms with Crippen LogP contribution in [0.15, 0.2) is 42.5 Å². The monoisotopic (exact) mass is 429 g/mol. The fraction of sp³-hybridized carbons (Fsp3) is 0.435. The number of hydrogen-bond donors (Lipinski definition) is 1. The SMILES string of the molecule is COc1ccc(Cl)cc1N1CCC(NC(=O)Cc2cccc(N3CCOCC3)c2)C1. The maximum Gasteiger partial charge on any atom is 0.224 e. The first kappa shape index (κ1) is 20.8. The summed E-state index contributed by atoms with van der Waals surface area (Å²) >= 11 is 6.17. The molecule has 2 aromatic carbocycles. The third-order valence-electron chi connectivity index (χ3n) is 5.69. The van der Waals surface area contributed by atoms with Crippen LogP contribution in [0, 0.1) is 0 Å². The number of ether oxygens (including phenoxy) is 2. The molecule has 2 aliphatic heterocycles. The van der Waals surface area contributed by atoms with E-state index in [2.05, 4.69) is 27.2 Å². The Morgan fingerprint density at radius 2 is 2.00 bits per heavy atom. The number of nitrogens with one attached hydrogen (secondary N) is 1. The Labute approximate surface area is 182 Å². The van der Waals surface area contributed by atoms with Crippen molar-refractivity contribution in [1.82, 2.24) is 5.32 Å². The zero-order chi connectivity index (χ0) is 20.9. The van der Waals surface area contributed by atoms with Gasteiger partial charge >= 0.3 is 0 Å². The van der Waals surface area contributed by atoms with Crippen molar-refractivity contribution in [1.29, 1.82) is 0 Å². The average molecular weight is 430 g/mol. The van der Waals surface area contributed by atoms with E-state index in [4.69, 9.17) is 21.1 Å². The summed E-state index contributed by atoms with van der Waals surface area (Å²) in [5.74, 6) is 0.852. The third kappa shape index (κ3) is 4.99. The molecule has 0 radical (unpaired) electrons. The van der Waals surface area contributed by atoms with Crippen LogP contribution in [0.25, 0.3) is 0 Å². The Balaban J connectivity index is 1.34. The summed E-state index contributed by atoms with van der Waals surface area (Å²) in [6.07, 6.45) is 1.28. The quantitative estimate of drug-likeness (QED) is 0.764. The summed E-state index contributed by atoms with van der Waals surface area (Å²) in [7, 11) is 1.66. The molecule has 2 aliphatic rings. The minimum atomic E-state index is 0.0547. The van der Waals surface area contributed by atoms with Crippen LogP contribution >= 0.6 is 11.6 Å². The first-order valence-electron chi connectivity index (χ1n) is 10.4. The summed E-state index contributed by atoms with van der Waals surface area (Å²) in [6.45, 7) is 4.88. The van der Waals surface area contributed by atoms with Crippen molar-refractivity contribution in [3.8, 4) is 5.75 Å². The molecule has 0 aliphatic carbocycles. The number of anilines is 2. The van der Waals surface area contributed by atoms with Crippen molar-refractivity contribution in [2.24, 2.45) is 0 Å². The van der Waals surface area contributed by atoms with E-state index >= 15 is 0 Å². The number of rotatable bonds is 6. The molecule has 1 N–H and O–H groups in total. The van der Waals surface area contributed by atoms with Gasteiger partial charge in [0.25, 0.3) is 0 Å². The van der Waals surface area contributed by atoms with Crippen LogP contribution in [0.2, 0.25) is 5.02 Å².